The quantitative estimate of drug-likeness (QED) is 0.896. The van der Waals surface area contributed by atoms with Crippen LogP contribution in [-0.4, -0.2) is 24.1 Å². The summed E-state index contributed by atoms with van der Waals surface area (Å²) >= 11 is 6.38. The summed E-state index contributed by atoms with van der Waals surface area (Å²) in [6, 6.07) is 2.51. The molecule has 4 heteroatoms. The summed E-state index contributed by atoms with van der Waals surface area (Å²) in [4.78, 5) is 6.88. The van der Waals surface area contributed by atoms with E-state index in [-0.39, 0.29) is 0 Å². The lowest BCUT2D eigenvalue weighted by molar-refractivity contribution is 0.568. The Morgan fingerprint density at radius 3 is 2.89 bits per heavy atom. The Morgan fingerprint density at radius 2 is 2.32 bits per heavy atom. The molecule has 0 aromatic carbocycles. The average Bonchev–Trinajstić information content (AvgIpc) is 2.85. The highest BCUT2D eigenvalue weighted by Crippen LogP contribution is 2.29. The summed E-state index contributed by atoms with van der Waals surface area (Å²) in [6.07, 6.45) is 4.44. The number of anilines is 1. The number of nitrogens with one attached hydrogen (secondary N) is 1. The SMILES string of the molecule is CCC1CCN(c2ncc(CNC(C)C)cc2Cl)C1. The summed E-state index contributed by atoms with van der Waals surface area (Å²) < 4.78 is 0. The van der Waals surface area contributed by atoms with E-state index >= 15 is 0 Å². The van der Waals surface area contributed by atoms with Gasteiger partial charge in [-0.25, -0.2) is 4.98 Å². The van der Waals surface area contributed by atoms with Crippen LogP contribution in [0.15, 0.2) is 12.3 Å². The van der Waals surface area contributed by atoms with Crippen LogP contribution >= 0.6 is 11.6 Å². The molecule has 19 heavy (non-hydrogen) atoms. The van der Waals surface area contributed by atoms with Crippen LogP contribution in [0.1, 0.15) is 39.2 Å². The summed E-state index contributed by atoms with van der Waals surface area (Å²) in [6.45, 7) is 9.52. The van der Waals surface area contributed by atoms with Gasteiger partial charge in [0.05, 0.1) is 5.02 Å². The number of halogens is 1. The predicted octanol–water partition coefficient (Wildman–Crippen LogP) is 3.47. The van der Waals surface area contributed by atoms with Gasteiger partial charge in [-0.15, -0.1) is 0 Å². The second kappa shape index (κ2) is 6.58. The third kappa shape index (κ3) is 3.83. The lowest BCUT2D eigenvalue weighted by Gasteiger charge is -2.19. The van der Waals surface area contributed by atoms with Crippen molar-refractivity contribution in [2.75, 3.05) is 18.0 Å². The molecule has 0 bridgehead atoms. The number of hydrogen-bond acceptors (Lipinski definition) is 3. The zero-order valence-corrected chi connectivity index (χ0v) is 12.9. The van der Waals surface area contributed by atoms with Gasteiger partial charge in [-0.1, -0.05) is 38.8 Å². The number of hydrogen-bond donors (Lipinski definition) is 1. The standard InChI is InChI=1S/C15H24ClN3/c1-4-12-5-6-19(10-12)15-14(16)7-13(9-18-15)8-17-11(2)3/h7,9,11-12,17H,4-6,8,10H2,1-3H3. The predicted molar refractivity (Wildman–Crippen MR) is 81.8 cm³/mol. The van der Waals surface area contributed by atoms with Crippen molar-refractivity contribution < 1.29 is 0 Å². The van der Waals surface area contributed by atoms with Crippen molar-refractivity contribution in [2.45, 2.75) is 46.2 Å². The lowest BCUT2D eigenvalue weighted by atomic mass is 10.1. The molecule has 1 fully saturated rings. The Hall–Kier alpha value is -0.800. The molecule has 0 amide bonds. The fourth-order valence-electron chi connectivity index (χ4n) is 2.48. The first-order valence-corrected chi connectivity index (χ1v) is 7.60. The van der Waals surface area contributed by atoms with E-state index in [4.69, 9.17) is 11.6 Å². The maximum Gasteiger partial charge on any atom is 0.147 e. The molecule has 2 heterocycles. The van der Waals surface area contributed by atoms with Gasteiger partial charge < -0.3 is 10.2 Å². The smallest absolute Gasteiger partial charge is 0.147 e. The Labute approximate surface area is 121 Å². The molecule has 106 valence electrons. The van der Waals surface area contributed by atoms with Crippen molar-refractivity contribution in [1.29, 1.82) is 0 Å². The summed E-state index contributed by atoms with van der Waals surface area (Å²) in [5, 5.41) is 4.16. The molecule has 2 rings (SSSR count). The molecular formula is C15H24ClN3. The van der Waals surface area contributed by atoms with Crippen LogP contribution in [0.2, 0.25) is 5.02 Å². The van der Waals surface area contributed by atoms with Crippen molar-refractivity contribution in [3.8, 4) is 0 Å². The van der Waals surface area contributed by atoms with E-state index in [1.165, 1.54) is 12.8 Å². The van der Waals surface area contributed by atoms with Crippen LogP contribution in [0.3, 0.4) is 0 Å². The highest BCUT2D eigenvalue weighted by Gasteiger charge is 2.23. The molecule has 1 N–H and O–H groups in total. The highest BCUT2D eigenvalue weighted by atomic mass is 35.5. The van der Waals surface area contributed by atoms with Gasteiger partial charge in [0.1, 0.15) is 5.82 Å². The summed E-state index contributed by atoms with van der Waals surface area (Å²) in [5.41, 5.74) is 1.15. The van der Waals surface area contributed by atoms with Crippen LogP contribution in [0, 0.1) is 5.92 Å². The van der Waals surface area contributed by atoms with Gasteiger partial charge in [0.25, 0.3) is 0 Å². The van der Waals surface area contributed by atoms with Gasteiger partial charge in [-0.3, -0.25) is 0 Å². The second-order valence-corrected chi connectivity index (χ2v) is 6.10. The minimum absolute atomic E-state index is 0.474. The Balaban J connectivity index is 2.03. The Morgan fingerprint density at radius 1 is 1.53 bits per heavy atom. The van der Waals surface area contributed by atoms with E-state index in [1.807, 2.05) is 12.3 Å². The van der Waals surface area contributed by atoms with Crippen molar-refractivity contribution in [1.82, 2.24) is 10.3 Å². The van der Waals surface area contributed by atoms with Crippen molar-refractivity contribution in [3.05, 3.63) is 22.8 Å². The average molecular weight is 282 g/mol. The van der Waals surface area contributed by atoms with Crippen LogP contribution in [0.4, 0.5) is 5.82 Å². The summed E-state index contributed by atoms with van der Waals surface area (Å²) in [5.74, 6) is 1.74. The summed E-state index contributed by atoms with van der Waals surface area (Å²) in [7, 11) is 0. The normalized spacial score (nSPS) is 19.4. The van der Waals surface area contributed by atoms with Crippen molar-refractivity contribution in [3.63, 3.8) is 0 Å². The van der Waals surface area contributed by atoms with E-state index in [9.17, 15) is 0 Å². The van der Waals surface area contributed by atoms with Gasteiger partial charge in [0.15, 0.2) is 0 Å². The Bertz CT molecular complexity index is 420. The molecule has 0 saturated carbocycles. The number of rotatable bonds is 5. The molecule has 1 aromatic rings. The zero-order chi connectivity index (χ0) is 13.8. The zero-order valence-electron chi connectivity index (χ0n) is 12.1. The molecule has 0 spiro atoms. The van der Waals surface area contributed by atoms with E-state index in [0.717, 1.165) is 42.0 Å². The van der Waals surface area contributed by atoms with Gasteiger partial charge in [-0.05, 0) is 24.0 Å². The van der Waals surface area contributed by atoms with Gasteiger partial charge in [-0.2, -0.15) is 0 Å². The third-order valence-electron chi connectivity index (χ3n) is 3.76. The van der Waals surface area contributed by atoms with Crippen LogP contribution in [0.5, 0.6) is 0 Å². The first kappa shape index (κ1) is 14.6. The van der Waals surface area contributed by atoms with Crippen molar-refractivity contribution >= 4 is 17.4 Å². The van der Waals surface area contributed by atoms with E-state index < -0.39 is 0 Å². The van der Waals surface area contributed by atoms with E-state index in [0.29, 0.717) is 6.04 Å². The molecule has 1 aliphatic rings. The van der Waals surface area contributed by atoms with Crippen LogP contribution in [-0.2, 0) is 6.54 Å². The van der Waals surface area contributed by atoms with Gasteiger partial charge >= 0.3 is 0 Å². The third-order valence-corrected chi connectivity index (χ3v) is 4.03. The maximum absolute atomic E-state index is 6.38. The van der Waals surface area contributed by atoms with E-state index in [1.54, 1.807) is 0 Å². The number of nitrogens with zero attached hydrogens (tertiary/aromatic N) is 2. The highest BCUT2D eigenvalue weighted by molar-refractivity contribution is 6.33. The van der Waals surface area contributed by atoms with Crippen LogP contribution < -0.4 is 10.2 Å². The Kier molecular flexibility index (Phi) is 5.06. The molecule has 0 radical (unpaired) electrons. The molecule has 3 nitrogen and oxygen atoms in total. The molecule has 1 atom stereocenters. The molecule has 1 aliphatic heterocycles. The molecule has 1 unspecified atom stereocenters. The molecule has 0 aliphatic carbocycles. The second-order valence-electron chi connectivity index (χ2n) is 5.69. The topological polar surface area (TPSA) is 28.2 Å². The monoisotopic (exact) mass is 281 g/mol. The minimum atomic E-state index is 0.474. The molecule has 1 aromatic heterocycles. The molecule has 1 saturated heterocycles. The van der Waals surface area contributed by atoms with Crippen LogP contribution in [0.25, 0.3) is 0 Å². The van der Waals surface area contributed by atoms with Crippen molar-refractivity contribution in [2.24, 2.45) is 5.92 Å². The fraction of sp³-hybridized carbons (Fsp3) is 0.667. The lowest BCUT2D eigenvalue weighted by Crippen LogP contribution is -2.23. The first-order chi connectivity index (χ1) is 9.10. The number of aromatic nitrogens is 1. The number of pyridine rings is 1. The largest absolute Gasteiger partial charge is 0.355 e. The van der Waals surface area contributed by atoms with E-state index in [2.05, 4.69) is 36.0 Å². The first-order valence-electron chi connectivity index (χ1n) is 7.23. The van der Waals surface area contributed by atoms with Gasteiger partial charge in [0.2, 0.25) is 0 Å². The minimum Gasteiger partial charge on any atom is -0.355 e. The fourth-order valence-corrected chi connectivity index (χ4v) is 2.79. The molecular weight excluding hydrogens is 258 g/mol. The van der Waals surface area contributed by atoms with Gasteiger partial charge in [0, 0.05) is 31.9 Å². The maximum atomic E-state index is 6.38.